The van der Waals surface area contributed by atoms with Crippen molar-refractivity contribution in [3.8, 4) is 11.5 Å². The second-order valence-corrected chi connectivity index (χ2v) is 15.9. The Morgan fingerprint density at radius 3 is 1.53 bits per heavy atom. The fourth-order valence-electron chi connectivity index (χ4n) is 5.30. The molecule has 0 aliphatic heterocycles. The highest BCUT2D eigenvalue weighted by molar-refractivity contribution is 7.86. The molecule has 0 fully saturated rings. The maximum Gasteiger partial charge on any atom is 0.323 e. The van der Waals surface area contributed by atoms with E-state index >= 15 is 0 Å². The summed E-state index contributed by atoms with van der Waals surface area (Å²) in [7, 11) is -14.6. The summed E-state index contributed by atoms with van der Waals surface area (Å²) in [5.41, 5.74) is -0.370. The van der Waals surface area contributed by atoms with E-state index in [1.807, 2.05) is 0 Å². The summed E-state index contributed by atoms with van der Waals surface area (Å²) in [6, 6.07) is 20.8. The number of aryl methyl sites for hydroxylation is 1. The molecule has 6 aromatic carbocycles. The van der Waals surface area contributed by atoms with Crippen LogP contribution >= 0.6 is 0 Å². The molecular weight excluding hydrogens is 781 g/mol. The van der Waals surface area contributed by atoms with Crippen LogP contribution < -0.4 is 10.6 Å². The molecule has 18 nitrogen and oxygen atoms in total. The fraction of sp³-hybridized carbons (Fsp3) is 0.0294. The predicted molar refractivity (Wildman–Crippen MR) is 199 cm³/mol. The third kappa shape index (κ3) is 8.41. The summed E-state index contributed by atoms with van der Waals surface area (Å²) >= 11 is 0. The van der Waals surface area contributed by atoms with Gasteiger partial charge in [0.25, 0.3) is 30.4 Å². The molecule has 282 valence electrons. The molecule has 0 aliphatic carbocycles. The quantitative estimate of drug-likeness (QED) is 0.0541. The number of nitrogens with one attached hydrogen (secondary N) is 2. The van der Waals surface area contributed by atoms with Crippen molar-refractivity contribution in [2.75, 3.05) is 10.6 Å². The van der Waals surface area contributed by atoms with Gasteiger partial charge in [-0.1, -0.05) is 24.3 Å². The minimum atomic E-state index is -5.05. The number of amides is 2. The number of phenolic OH excluding ortho intramolecular Hbond substituents is 2. The minimum Gasteiger partial charge on any atom is -0.505 e. The number of benzene rings is 6. The summed E-state index contributed by atoms with van der Waals surface area (Å²) in [6.07, 6.45) is 0. The lowest BCUT2D eigenvalue weighted by Gasteiger charge is -2.13. The van der Waals surface area contributed by atoms with Gasteiger partial charge in [-0.15, -0.1) is 10.2 Å². The normalized spacial score (nSPS) is 12.5. The third-order valence-corrected chi connectivity index (χ3v) is 10.5. The second-order valence-electron chi connectivity index (χ2n) is 11.7. The van der Waals surface area contributed by atoms with Crippen molar-refractivity contribution in [2.45, 2.75) is 21.6 Å². The number of fused-ring (bicyclic) bond motifs is 2. The molecule has 0 heterocycles. The molecule has 7 N–H and O–H groups in total. The molecule has 2 amide bonds. The Balaban J connectivity index is 1.28. The minimum absolute atomic E-state index is 0.0161. The summed E-state index contributed by atoms with van der Waals surface area (Å²) < 4.78 is 102. The van der Waals surface area contributed by atoms with Gasteiger partial charge >= 0.3 is 6.03 Å². The van der Waals surface area contributed by atoms with Crippen molar-refractivity contribution < 1.29 is 53.9 Å². The van der Waals surface area contributed by atoms with Crippen molar-refractivity contribution in [3.05, 3.63) is 103 Å². The molecule has 21 heteroatoms. The first kappa shape index (κ1) is 38.4. The van der Waals surface area contributed by atoms with E-state index in [9.17, 15) is 53.9 Å². The Bertz CT molecular complexity index is 2960. The zero-order valence-electron chi connectivity index (χ0n) is 27.8. The highest BCUT2D eigenvalue weighted by atomic mass is 32.2. The molecular formula is C34H26N6O12S3. The molecule has 0 unspecified atom stereocenters. The molecule has 0 radical (unpaired) electrons. The monoisotopic (exact) mass is 806 g/mol. The zero-order valence-corrected chi connectivity index (χ0v) is 30.3. The number of carbonyl (C=O) groups excluding carboxylic acids is 1. The van der Waals surface area contributed by atoms with Crippen molar-refractivity contribution >= 4 is 92.1 Å². The van der Waals surface area contributed by atoms with E-state index < -0.39 is 73.9 Å². The lowest BCUT2D eigenvalue weighted by molar-refractivity contribution is 0.262. The van der Waals surface area contributed by atoms with Gasteiger partial charge in [-0.3, -0.25) is 13.7 Å². The number of urea groups is 1. The number of rotatable bonds is 9. The van der Waals surface area contributed by atoms with Gasteiger partial charge < -0.3 is 20.8 Å². The Kier molecular flexibility index (Phi) is 10.1. The van der Waals surface area contributed by atoms with Crippen molar-refractivity contribution in [2.24, 2.45) is 20.5 Å². The largest absolute Gasteiger partial charge is 0.505 e. The Morgan fingerprint density at radius 1 is 0.564 bits per heavy atom. The standard InChI is InChI=1S/C34H26N6O12S3/c1-18-7-10-24(53(44,45)46)17-27(18)38-40-31-29(55(50,51)52)16-20-14-23(9-12-26(20)33(31)42)36-34(43)35-22-8-11-25-19(13-22)15-28(54(47,48)49)30(32(25)41)39-37-21-5-3-2-4-6-21/h2-17,41-42H,1H3,(H2,35,36,43)(H,44,45,46)(H,47,48,49)(H,50,51,52). The average Bonchev–Trinajstić information content (AvgIpc) is 3.10. The smallest absolute Gasteiger partial charge is 0.323 e. The molecule has 0 bridgehead atoms. The van der Waals surface area contributed by atoms with Gasteiger partial charge in [0.05, 0.1) is 16.3 Å². The maximum atomic E-state index is 13.0. The molecule has 0 aromatic heterocycles. The van der Waals surface area contributed by atoms with E-state index in [4.69, 9.17) is 0 Å². The first-order valence-corrected chi connectivity index (χ1v) is 19.7. The van der Waals surface area contributed by atoms with E-state index in [0.717, 1.165) is 24.3 Å². The Labute approximate surface area is 311 Å². The van der Waals surface area contributed by atoms with Gasteiger partial charge in [-0.2, -0.15) is 35.5 Å². The van der Waals surface area contributed by atoms with E-state index in [2.05, 4.69) is 31.1 Å². The van der Waals surface area contributed by atoms with Gasteiger partial charge in [0, 0.05) is 22.1 Å². The molecule has 6 rings (SSSR count). The van der Waals surface area contributed by atoms with Crippen LogP contribution in [-0.2, 0) is 30.4 Å². The number of hydrogen-bond acceptors (Lipinski definition) is 13. The highest BCUT2D eigenvalue weighted by Crippen LogP contribution is 2.44. The van der Waals surface area contributed by atoms with Crippen molar-refractivity contribution in [1.29, 1.82) is 0 Å². The fourth-order valence-corrected chi connectivity index (χ4v) is 7.12. The van der Waals surface area contributed by atoms with Crippen LogP contribution in [0.15, 0.2) is 132 Å². The second kappa shape index (κ2) is 14.5. The van der Waals surface area contributed by atoms with Gasteiger partial charge in [-0.25, -0.2) is 4.79 Å². The zero-order chi connectivity index (χ0) is 39.9. The number of carbonyl (C=O) groups is 1. The van der Waals surface area contributed by atoms with Gasteiger partial charge in [0.2, 0.25) is 0 Å². The lowest BCUT2D eigenvalue weighted by Crippen LogP contribution is -2.19. The summed E-state index contributed by atoms with van der Waals surface area (Å²) in [5, 5.41) is 42.6. The molecule has 0 spiro atoms. The molecule has 6 aromatic rings. The summed E-state index contributed by atoms with van der Waals surface area (Å²) in [4.78, 5) is 10.9. The number of aromatic hydroxyl groups is 2. The topological polar surface area (TPSA) is 294 Å². The SMILES string of the molecule is Cc1ccc(S(=O)(=O)O)cc1N=Nc1c(S(=O)(=O)O)cc2cc(NC(=O)Nc3ccc4c(O)c(N=Nc5ccccc5)c(S(=O)(=O)O)cc4c3)ccc2c1O. The number of phenols is 2. The molecule has 0 atom stereocenters. The lowest BCUT2D eigenvalue weighted by atomic mass is 10.1. The van der Waals surface area contributed by atoms with Crippen LogP contribution in [0.2, 0.25) is 0 Å². The van der Waals surface area contributed by atoms with Crippen molar-refractivity contribution in [3.63, 3.8) is 0 Å². The van der Waals surface area contributed by atoms with Gasteiger partial charge in [0.1, 0.15) is 21.2 Å². The van der Waals surface area contributed by atoms with E-state index in [1.165, 1.54) is 49.4 Å². The van der Waals surface area contributed by atoms with Gasteiger partial charge in [0.15, 0.2) is 11.5 Å². The van der Waals surface area contributed by atoms with Crippen LogP contribution in [-0.4, -0.2) is 55.2 Å². The third-order valence-electron chi connectivity index (χ3n) is 7.93. The first-order chi connectivity index (χ1) is 25.8. The van der Waals surface area contributed by atoms with Gasteiger partial charge in [-0.05, 0) is 96.1 Å². The van der Waals surface area contributed by atoms with E-state index in [0.29, 0.717) is 11.3 Å². The Hall–Kier alpha value is -6.36. The highest BCUT2D eigenvalue weighted by Gasteiger charge is 2.24. The van der Waals surface area contributed by atoms with Crippen LogP contribution in [0.4, 0.5) is 38.9 Å². The number of nitrogens with zero attached hydrogens (tertiary/aromatic N) is 4. The summed E-state index contributed by atoms with van der Waals surface area (Å²) in [5.74, 6) is -1.34. The number of anilines is 2. The van der Waals surface area contributed by atoms with Crippen LogP contribution in [0.25, 0.3) is 21.5 Å². The van der Waals surface area contributed by atoms with Crippen LogP contribution in [0.5, 0.6) is 11.5 Å². The molecule has 0 saturated carbocycles. The number of hydrogen-bond donors (Lipinski definition) is 7. The number of azo groups is 2. The first-order valence-electron chi connectivity index (χ1n) is 15.4. The molecule has 0 aliphatic rings. The van der Waals surface area contributed by atoms with E-state index in [1.54, 1.807) is 30.3 Å². The molecule has 55 heavy (non-hydrogen) atoms. The average molecular weight is 807 g/mol. The maximum absolute atomic E-state index is 13.0. The summed E-state index contributed by atoms with van der Waals surface area (Å²) in [6.45, 7) is 1.53. The Morgan fingerprint density at radius 2 is 1.05 bits per heavy atom. The van der Waals surface area contributed by atoms with Crippen LogP contribution in [0.1, 0.15) is 5.56 Å². The van der Waals surface area contributed by atoms with Crippen LogP contribution in [0.3, 0.4) is 0 Å². The van der Waals surface area contributed by atoms with E-state index in [-0.39, 0.29) is 38.6 Å². The molecule has 0 saturated heterocycles. The van der Waals surface area contributed by atoms with Crippen molar-refractivity contribution in [1.82, 2.24) is 0 Å². The predicted octanol–water partition coefficient (Wildman–Crippen LogP) is 7.93. The van der Waals surface area contributed by atoms with Crippen LogP contribution in [0, 0.1) is 6.92 Å².